The number of ether oxygens (including phenoxy) is 1. The largest absolute Gasteiger partial charge is 0.374 e. The fourth-order valence-corrected chi connectivity index (χ4v) is 2.06. The minimum atomic E-state index is -0.0585. The Bertz CT molecular complexity index is 149. The SMILES string of the molecule is CCC(C)CC1(C)OCCC1Cl. The Balaban J connectivity index is 2.47. The van der Waals surface area contributed by atoms with Crippen molar-refractivity contribution < 1.29 is 4.74 Å². The lowest BCUT2D eigenvalue weighted by atomic mass is 9.89. The Morgan fingerprint density at radius 3 is 2.75 bits per heavy atom. The van der Waals surface area contributed by atoms with Crippen LogP contribution in [-0.2, 0) is 4.74 Å². The van der Waals surface area contributed by atoms with E-state index in [0.29, 0.717) is 5.92 Å². The summed E-state index contributed by atoms with van der Waals surface area (Å²) in [5.74, 6) is 0.717. The van der Waals surface area contributed by atoms with Crippen LogP contribution in [0.3, 0.4) is 0 Å². The van der Waals surface area contributed by atoms with Gasteiger partial charge in [-0.3, -0.25) is 0 Å². The van der Waals surface area contributed by atoms with Crippen LogP contribution in [0.4, 0.5) is 0 Å². The lowest BCUT2D eigenvalue weighted by molar-refractivity contribution is 0.00361. The summed E-state index contributed by atoms with van der Waals surface area (Å²) in [6, 6.07) is 0. The number of alkyl halides is 1. The maximum Gasteiger partial charge on any atom is 0.0820 e. The van der Waals surface area contributed by atoms with E-state index in [9.17, 15) is 0 Å². The van der Waals surface area contributed by atoms with E-state index in [0.717, 1.165) is 19.4 Å². The molecular weight excluding hydrogens is 172 g/mol. The molecule has 12 heavy (non-hydrogen) atoms. The summed E-state index contributed by atoms with van der Waals surface area (Å²) in [5, 5.41) is 0.214. The molecule has 1 nitrogen and oxygen atoms in total. The molecule has 0 aromatic heterocycles. The summed E-state index contributed by atoms with van der Waals surface area (Å²) in [6.07, 6.45) is 3.31. The van der Waals surface area contributed by atoms with Gasteiger partial charge in [-0.05, 0) is 25.7 Å². The van der Waals surface area contributed by atoms with Crippen molar-refractivity contribution in [3.8, 4) is 0 Å². The minimum Gasteiger partial charge on any atom is -0.374 e. The average molecular weight is 191 g/mol. The van der Waals surface area contributed by atoms with Gasteiger partial charge in [-0.1, -0.05) is 20.3 Å². The van der Waals surface area contributed by atoms with Gasteiger partial charge in [-0.25, -0.2) is 0 Å². The van der Waals surface area contributed by atoms with E-state index < -0.39 is 0 Å². The van der Waals surface area contributed by atoms with Gasteiger partial charge in [0, 0.05) is 6.61 Å². The summed E-state index contributed by atoms with van der Waals surface area (Å²) in [4.78, 5) is 0. The average Bonchev–Trinajstić information content (AvgIpc) is 2.32. The van der Waals surface area contributed by atoms with Crippen molar-refractivity contribution >= 4 is 11.6 Å². The van der Waals surface area contributed by atoms with Gasteiger partial charge in [-0.2, -0.15) is 0 Å². The monoisotopic (exact) mass is 190 g/mol. The molecule has 0 aliphatic carbocycles. The second kappa shape index (κ2) is 3.97. The molecule has 0 radical (unpaired) electrons. The summed E-state index contributed by atoms with van der Waals surface area (Å²) >= 11 is 6.20. The third kappa shape index (κ3) is 2.14. The highest BCUT2D eigenvalue weighted by molar-refractivity contribution is 6.21. The minimum absolute atomic E-state index is 0.0585. The van der Waals surface area contributed by atoms with E-state index >= 15 is 0 Å². The molecule has 2 heteroatoms. The molecule has 0 aromatic rings. The van der Waals surface area contributed by atoms with Gasteiger partial charge < -0.3 is 4.74 Å². The molecule has 1 aliphatic heterocycles. The fourth-order valence-electron chi connectivity index (χ4n) is 1.81. The van der Waals surface area contributed by atoms with Crippen LogP contribution in [0, 0.1) is 5.92 Å². The molecule has 1 saturated heterocycles. The first-order valence-corrected chi connectivity index (χ1v) is 5.30. The Labute approximate surface area is 80.4 Å². The lowest BCUT2D eigenvalue weighted by Gasteiger charge is -2.29. The third-order valence-corrected chi connectivity index (χ3v) is 3.60. The van der Waals surface area contributed by atoms with Crippen LogP contribution < -0.4 is 0 Å². The van der Waals surface area contributed by atoms with Crippen molar-refractivity contribution in [2.45, 2.75) is 51.0 Å². The van der Waals surface area contributed by atoms with Crippen molar-refractivity contribution in [1.82, 2.24) is 0 Å². The molecule has 1 rings (SSSR count). The first-order valence-electron chi connectivity index (χ1n) is 4.86. The third-order valence-electron chi connectivity index (χ3n) is 2.92. The van der Waals surface area contributed by atoms with Crippen LogP contribution >= 0.6 is 11.6 Å². The van der Waals surface area contributed by atoms with Crippen molar-refractivity contribution in [3.05, 3.63) is 0 Å². The van der Waals surface area contributed by atoms with Gasteiger partial charge in [0.2, 0.25) is 0 Å². The summed E-state index contributed by atoms with van der Waals surface area (Å²) in [5.41, 5.74) is -0.0585. The molecule has 0 amide bonds. The fraction of sp³-hybridized carbons (Fsp3) is 1.00. The van der Waals surface area contributed by atoms with E-state index in [-0.39, 0.29) is 11.0 Å². The standard InChI is InChI=1S/C10H19ClO/c1-4-8(2)7-10(3)9(11)5-6-12-10/h8-9H,4-7H2,1-3H3. The first kappa shape index (κ1) is 10.3. The van der Waals surface area contributed by atoms with Gasteiger partial charge in [0.05, 0.1) is 11.0 Å². The van der Waals surface area contributed by atoms with Gasteiger partial charge in [0.25, 0.3) is 0 Å². The topological polar surface area (TPSA) is 9.23 Å². The Morgan fingerprint density at radius 2 is 2.33 bits per heavy atom. The number of hydrogen-bond acceptors (Lipinski definition) is 1. The Hall–Kier alpha value is 0.250. The zero-order valence-corrected chi connectivity index (χ0v) is 9.03. The van der Waals surface area contributed by atoms with Gasteiger partial charge in [-0.15, -0.1) is 11.6 Å². The summed E-state index contributed by atoms with van der Waals surface area (Å²) in [7, 11) is 0. The molecule has 1 aliphatic rings. The molecule has 3 atom stereocenters. The molecule has 0 N–H and O–H groups in total. The van der Waals surface area contributed by atoms with Gasteiger partial charge in [0.15, 0.2) is 0 Å². The molecule has 0 bridgehead atoms. The van der Waals surface area contributed by atoms with E-state index in [1.165, 1.54) is 6.42 Å². The normalized spacial score (nSPS) is 38.5. The first-order chi connectivity index (χ1) is 5.58. The second-order valence-electron chi connectivity index (χ2n) is 4.13. The summed E-state index contributed by atoms with van der Waals surface area (Å²) in [6.45, 7) is 7.45. The predicted molar refractivity (Wildman–Crippen MR) is 52.7 cm³/mol. The predicted octanol–water partition coefficient (Wildman–Crippen LogP) is 3.21. The van der Waals surface area contributed by atoms with Gasteiger partial charge >= 0.3 is 0 Å². The van der Waals surface area contributed by atoms with Crippen molar-refractivity contribution in [2.24, 2.45) is 5.92 Å². The van der Waals surface area contributed by atoms with E-state index in [1.807, 2.05) is 0 Å². The van der Waals surface area contributed by atoms with Crippen LogP contribution in [0.1, 0.15) is 40.0 Å². The highest BCUT2D eigenvalue weighted by Gasteiger charge is 2.39. The molecule has 0 saturated carbocycles. The number of halogens is 1. The van der Waals surface area contributed by atoms with E-state index in [4.69, 9.17) is 16.3 Å². The van der Waals surface area contributed by atoms with Crippen LogP contribution in [-0.4, -0.2) is 17.6 Å². The maximum absolute atomic E-state index is 6.20. The second-order valence-corrected chi connectivity index (χ2v) is 4.66. The van der Waals surface area contributed by atoms with E-state index in [2.05, 4.69) is 20.8 Å². The van der Waals surface area contributed by atoms with Crippen LogP contribution in [0.2, 0.25) is 0 Å². The quantitative estimate of drug-likeness (QED) is 0.621. The van der Waals surface area contributed by atoms with Crippen molar-refractivity contribution in [1.29, 1.82) is 0 Å². The number of hydrogen-bond donors (Lipinski definition) is 0. The molecule has 0 aromatic carbocycles. The summed E-state index contributed by atoms with van der Waals surface area (Å²) < 4.78 is 5.69. The van der Waals surface area contributed by atoms with E-state index in [1.54, 1.807) is 0 Å². The highest BCUT2D eigenvalue weighted by atomic mass is 35.5. The van der Waals surface area contributed by atoms with Crippen molar-refractivity contribution in [3.63, 3.8) is 0 Å². The zero-order valence-electron chi connectivity index (χ0n) is 8.27. The number of rotatable bonds is 3. The molecular formula is C10H19ClO. The Kier molecular flexibility index (Phi) is 3.42. The zero-order chi connectivity index (χ0) is 9.19. The smallest absolute Gasteiger partial charge is 0.0820 e. The van der Waals surface area contributed by atoms with Crippen LogP contribution in [0.5, 0.6) is 0 Å². The molecule has 72 valence electrons. The highest BCUT2D eigenvalue weighted by Crippen LogP contribution is 2.36. The van der Waals surface area contributed by atoms with Gasteiger partial charge in [0.1, 0.15) is 0 Å². The molecule has 3 unspecified atom stereocenters. The van der Waals surface area contributed by atoms with Crippen molar-refractivity contribution in [2.75, 3.05) is 6.61 Å². The molecule has 0 spiro atoms. The Morgan fingerprint density at radius 1 is 1.67 bits per heavy atom. The molecule has 1 fully saturated rings. The van der Waals surface area contributed by atoms with Crippen LogP contribution in [0.15, 0.2) is 0 Å². The molecule has 1 heterocycles. The lowest BCUT2D eigenvalue weighted by Crippen LogP contribution is -2.34. The maximum atomic E-state index is 6.20. The van der Waals surface area contributed by atoms with Crippen LogP contribution in [0.25, 0.3) is 0 Å².